The summed E-state index contributed by atoms with van der Waals surface area (Å²) in [6.07, 6.45) is 5.28. The standard InChI is InChI=1S/C20H29N5O2/c1-3-24-12-15(10-18(24)26)20(27)25-9-6-17-16(13-25)11-21-19(22-17)14-4-7-23(2)8-5-14/h11,14-15H,3-10,12-13H2,1-2H3. The number of likely N-dealkylation sites (tertiary alicyclic amines) is 2. The molecule has 2 saturated heterocycles. The highest BCUT2D eigenvalue weighted by molar-refractivity contribution is 5.89. The normalized spacial score (nSPS) is 24.4. The molecule has 0 aliphatic carbocycles. The van der Waals surface area contributed by atoms with E-state index in [1.54, 1.807) is 4.90 Å². The van der Waals surface area contributed by atoms with Crippen molar-refractivity contribution < 1.29 is 9.59 Å². The Hall–Kier alpha value is -2.02. The van der Waals surface area contributed by atoms with Gasteiger partial charge in [-0.3, -0.25) is 9.59 Å². The average molecular weight is 371 g/mol. The van der Waals surface area contributed by atoms with E-state index in [1.807, 2.05) is 18.0 Å². The van der Waals surface area contributed by atoms with E-state index >= 15 is 0 Å². The fraction of sp³-hybridized carbons (Fsp3) is 0.700. The van der Waals surface area contributed by atoms with Crippen molar-refractivity contribution in [3.05, 3.63) is 23.3 Å². The number of hydrogen-bond acceptors (Lipinski definition) is 5. The largest absolute Gasteiger partial charge is 0.342 e. The molecule has 2 fully saturated rings. The second-order valence-corrected chi connectivity index (χ2v) is 8.12. The van der Waals surface area contributed by atoms with Crippen molar-refractivity contribution in [1.82, 2.24) is 24.7 Å². The summed E-state index contributed by atoms with van der Waals surface area (Å²) in [7, 11) is 2.16. The van der Waals surface area contributed by atoms with Gasteiger partial charge in [0.1, 0.15) is 5.82 Å². The van der Waals surface area contributed by atoms with Crippen molar-refractivity contribution in [2.24, 2.45) is 5.92 Å². The van der Waals surface area contributed by atoms with Crippen molar-refractivity contribution in [2.75, 3.05) is 39.8 Å². The third-order valence-corrected chi connectivity index (χ3v) is 6.29. The van der Waals surface area contributed by atoms with E-state index < -0.39 is 0 Å². The predicted octanol–water partition coefficient (Wildman–Crippen LogP) is 1.04. The van der Waals surface area contributed by atoms with Crippen LogP contribution in [0.25, 0.3) is 0 Å². The summed E-state index contributed by atoms with van der Waals surface area (Å²) < 4.78 is 0. The van der Waals surface area contributed by atoms with E-state index in [2.05, 4.69) is 16.9 Å². The highest BCUT2D eigenvalue weighted by Gasteiger charge is 2.37. The molecule has 1 aromatic rings. The third kappa shape index (κ3) is 3.70. The van der Waals surface area contributed by atoms with Gasteiger partial charge in [0.2, 0.25) is 11.8 Å². The van der Waals surface area contributed by atoms with E-state index in [9.17, 15) is 9.59 Å². The summed E-state index contributed by atoms with van der Waals surface area (Å²) >= 11 is 0. The summed E-state index contributed by atoms with van der Waals surface area (Å²) in [6.45, 7) is 6.65. The lowest BCUT2D eigenvalue weighted by atomic mass is 9.95. The van der Waals surface area contributed by atoms with Crippen molar-refractivity contribution >= 4 is 11.8 Å². The van der Waals surface area contributed by atoms with Gasteiger partial charge in [0, 0.05) is 56.7 Å². The molecule has 0 N–H and O–H groups in total. The van der Waals surface area contributed by atoms with Gasteiger partial charge in [-0.05, 0) is 39.9 Å². The molecule has 3 aliphatic heterocycles. The molecule has 0 radical (unpaired) electrons. The molecule has 146 valence electrons. The van der Waals surface area contributed by atoms with Gasteiger partial charge < -0.3 is 14.7 Å². The van der Waals surface area contributed by atoms with Crippen molar-refractivity contribution in [1.29, 1.82) is 0 Å². The molecular formula is C20H29N5O2. The second kappa shape index (κ2) is 7.54. The Bertz CT molecular complexity index is 729. The van der Waals surface area contributed by atoms with Crippen LogP contribution < -0.4 is 0 Å². The van der Waals surface area contributed by atoms with Gasteiger partial charge in [-0.2, -0.15) is 0 Å². The van der Waals surface area contributed by atoms with Gasteiger partial charge in [-0.25, -0.2) is 9.97 Å². The first kappa shape index (κ1) is 18.3. The molecule has 0 spiro atoms. The molecule has 27 heavy (non-hydrogen) atoms. The Morgan fingerprint density at radius 1 is 1.26 bits per heavy atom. The van der Waals surface area contributed by atoms with E-state index in [0.717, 1.165) is 49.4 Å². The van der Waals surface area contributed by atoms with Crippen LogP contribution >= 0.6 is 0 Å². The smallest absolute Gasteiger partial charge is 0.228 e. The first-order valence-corrected chi connectivity index (χ1v) is 10.1. The van der Waals surface area contributed by atoms with Gasteiger partial charge in [-0.15, -0.1) is 0 Å². The number of piperidine rings is 1. The molecule has 1 unspecified atom stereocenters. The molecule has 7 nitrogen and oxygen atoms in total. The Labute approximate surface area is 160 Å². The maximum Gasteiger partial charge on any atom is 0.228 e. The highest BCUT2D eigenvalue weighted by atomic mass is 16.2. The molecule has 0 saturated carbocycles. The molecule has 0 bridgehead atoms. The first-order chi connectivity index (χ1) is 13.0. The van der Waals surface area contributed by atoms with Crippen LogP contribution in [0.1, 0.15) is 49.2 Å². The Morgan fingerprint density at radius 3 is 2.74 bits per heavy atom. The molecule has 7 heteroatoms. The number of amides is 2. The van der Waals surface area contributed by atoms with E-state index in [1.165, 1.54) is 0 Å². The van der Waals surface area contributed by atoms with E-state index in [4.69, 9.17) is 4.98 Å². The lowest BCUT2D eigenvalue weighted by Gasteiger charge is -2.31. The second-order valence-electron chi connectivity index (χ2n) is 8.12. The summed E-state index contributed by atoms with van der Waals surface area (Å²) in [4.78, 5) is 40.3. The SMILES string of the molecule is CCN1CC(C(=O)N2CCc3nc(C4CCN(C)CC4)ncc3C2)CC1=O. The van der Waals surface area contributed by atoms with Crippen molar-refractivity contribution in [3.63, 3.8) is 0 Å². The van der Waals surface area contributed by atoms with Gasteiger partial charge in [-0.1, -0.05) is 0 Å². The van der Waals surface area contributed by atoms with Crippen molar-refractivity contribution in [2.45, 2.75) is 45.1 Å². The van der Waals surface area contributed by atoms with Crippen LogP contribution in [0.5, 0.6) is 0 Å². The average Bonchev–Trinajstić information content (AvgIpc) is 3.08. The van der Waals surface area contributed by atoms with Gasteiger partial charge in [0.15, 0.2) is 0 Å². The molecule has 3 aliphatic rings. The van der Waals surface area contributed by atoms with Crippen LogP contribution in [0, 0.1) is 5.92 Å². The lowest BCUT2D eigenvalue weighted by Crippen LogP contribution is -2.41. The molecule has 1 aromatic heterocycles. The molecule has 4 rings (SSSR count). The minimum atomic E-state index is -0.196. The fourth-order valence-corrected chi connectivity index (χ4v) is 4.48. The predicted molar refractivity (Wildman–Crippen MR) is 101 cm³/mol. The summed E-state index contributed by atoms with van der Waals surface area (Å²) in [5.41, 5.74) is 2.16. The third-order valence-electron chi connectivity index (χ3n) is 6.29. The minimum absolute atomic E-state index is 0.0966. The quantitative estimate of drug-likeness (QED) is 0.794. The van der Waals surface area contributed by atoms with Crippen LogP contribution in [0.3, 0.4) is 0 Å². The highest BCUT2D eigenvalue weighted by Crippen LogP contribution is 2.28. The Balaban J connectivity index is 1.42. The number of carbonyl (C=O) groups excluding carboxylic acids is 2. The van der Waals surface area contributed by atoms with Gasteiger partial charge in [0.05, 0.1) is 11.6 Å². The Morgan fingerprint density at radius 2 is 2.04 bits per heavy atom. The zero-order valence-electron chi connectivity index (χ0n) is 16.4. The maximum atomic E-state index is 12.9. The van der Waals surface area contributed by atoms with Crippen LogP contribution in [-0.4, -0.2) is 76.3 Å². The molecular weight excluding hydrogens is 342 g/mol. The van der Waals surface area contributed by atoms with Crippen LogP contribution in [0.2, 0.25) is 0 Å². The number of nitrogens with zero attached hydrogens (tertiary/aromatic N) is 5. The molecule has 1 atom stereocenters. The number of aromatic nitrogens is 2. The van der Waals surface area contributed by atoms with Crippen LogP contribution in [0.15, 0.2) is 6.20 Å². The minimum Gasteiger partial charge on any atom is -0.342 e. The summed E-state index contributed by atoms with van der Waals surface area (Å²) in [5.74, 6) is 1.43. The van der Waals surface area contributed by atoms with Crippen LogP contribution in [-0.2, 0) is 22.6 Å². The first-order valence-electron chi connectivity index (χ1n) is 10.1. The number of carbonyl (C=O) groups is 2. The number of hydrogen-bond donors (Lipinski definition) is 0. The number of rotatable bonds is 3. The fourth-order valence-electron chi connectivity index (χ4n) is 4.48. The van der Waals surface area contributed by atoms with Gasteiger partial charge >= 0.3 is 0 Å². The number of fused-ring (bicyclic) bond motifs is 1. The van der Waals surface area contributed by atoms with E-state index in [-0.39, 0.29) is 17.7 Å². The monoisotopic (exact) mass is 371 g/mol. The zero-order valence-corrected chi connectivity index (χ0v) is 16.4. The summed E-state index contributed by atoms with van der Waals surface area (Å²) in [5, 5.41) is 0. The topological polar surface area (TPSA) is 69.6 Å². The molecule has 2 amide bonds. The molecule has 4 heterocycles. The van der Waals surface area contributed by atoms with Gasteiger partial charge in [0.25, 0.3) is 0 Å². The Kier molecular flexibility index (Phi) is 5.12. The zero-order chi connectivity index (χ0) is 19.0. The summed E-state index contributed by atoms with van der Waals surface area (Å²) in [6, 6.07) is 0. The van der Waals surface area contributed by atoms with Crippen molar-refractivity contribution in [3.8, 4) is 0 Å². The maximum absolute atomic E-state index is 12.9. The molecule has 0 aromatic carbocycles. The lowest BCUT2D eigenvalue weighted by molar-refractivity contribution is -0.136. The van der Waals surface area contributed by atoms with Crippen LogP contribution in [0.4, 0.5) is 0 Å². The van der Waals surface area contributed by atoms with E-state index in [0.29, 0.717) is 38.5 Å².